The second-order valence-electron chi connectivity index (χ2n) is 5.88. The van der Waals surface area contributed by atoms with Gasteiger partial charge in [0.15, 0.2) is 0 Å². The van der Waals surface area contributed by atoms with Gasteiger partial charge in [-0.1, -0.05) is 18.2 Å². The Morgan fingerprint density at radius 3 is 2.39 bits per heavy atom. The molecule has 0 saturated heterocycles. The van der Waals surface area contributed by atoms with Gasteiger partial charge in [-0.3, -0.25) is 0 Å². The van der Waals surface area contributed by atoms with Gasteiger partial charge < -0.3 is 4.57 Å². The van der Waals surface area contributed by atoms with Gasteiger partial charge in [0.2, 0.25) is 0 Å². The molecule has 0 N–H and O–H groups in total. The van der Waals surface area contributed by atoms with E-state index in [0.29, 0.717) is 23.4 Å². The summed E-state index contributed by atoms with van der Waals surface area (Å²) in [6.45, 7) is 2.34. The Morgan fingerprint density at radius 1 is 1.14 bits per heavy atom. The average Bonchev–Trinajstić information content (AvgIpc) is 3.02. The van der Waals surface area contributed by atoms with E-state index in [1.165, 1.54) is 6.07 Å². The first-order chi connectivity index (χ1) is 13.2. The van der Waals surface area contributed by atoms with Gasteiger partial charge in [-0.2, -0.15) is 18.4 Å². The first kappa shape index (κ1) is 19.6. The van der Waals surface area contributed by atoms with Crippen molar-refractivity contribution in [3.63, 3.8) is 0 Å². The van der Waals surface area contributed by atoms with E-state index in [1.54, 1.807) is 41.0 Å². The number of imidazole rings is 1. The number of benzene rings is 2. The zero-order valence-corrected chi connectivity index (χ0v) is 15.4. The van der Waals surface area contributed by atoms with Crippen LogP contribution in [0.2, 0.25) is 0 Å². The van der Waals surface area contributed by atoms with E-state index >= 15 is 0 Å². The van der Waals surface area contributed by atoms with Crippen molar-refractivity contribution < 1.29 is 21.6 Å². The number of aromatic nitrogens is 2. The van der Waals surface area contributed by atoms with Crippen LogP contribution < -0.4 is 0 Å². The van der Waals surface area contributed by atoms with Crippen molar-refractivity contribution in [2.45, 2.75) is 23.9 Å². The molecule has 0 spiro atoms. The Labute approximate surface area is 159 Å². The molecule has 3 rings (SSSR count). The number of fused-ring (bicyclic) bond motifs is 1. The Bertz CT molecular complexity index is 1200. The first-order valence-electron chi connectivity index (χ1n) is 8.17. The predicted molar refractivity (Wildman–Crippen MR) is 98.7 cm³/mol. The van der Waals surface area contributed by atoms with Gasteiger partial charge in [0, 0.05) is 6.54 Å². The number of rotatable bonds is 4. The molecule has 0 aliphatic heterocycles. The molecule has 0 amide bonds. The lowest BCUT2D eigenvalue weighted by Crippen LogP contribution is -2.23. The molecule has 0 radical (unpaired) electrons. The Kier molecular flexibility index (Phi) is 5.00. The fourth-order valence-corrected chi connectivity index (χ4v) is 3.51. The second-order valence-corrected chi connectivity index (χ2v) is 7.82. The van der Waals surface area contributed by atoms with Crippen LogP contribution in [-0.4, -0.2) is 23.5 Å². The summed E-state index contributed by atoms with van der Waals surface area (Å²) >= 11 is 0. The molecule has 0 atom stereocenters. The van der Waals surface area contributed by atoms with Crippen molar-refractivity contribution in [1.29, 1.82) is 5.26 Å². The highest BCUT2D eigenvalue weighted by Gasteiger charge is 2.47. The number of sulfone groups is 1. The van der Waals surface area contributed by atoms with Crippen LogP contribution in [-0.2, 0) is 16.4 Å². The zero-order chi connectivity index (χ0) is 20.5. The SMILES string of the molecule is CCn1c(C=Cc2ccc(C#N)cc2)nc2cc(S(=O)(=O)C(F)(F)F)ccc21. The van der Waals surface area contributed by atoms with Crippen LogP contribution >= 0.6 is 0 Å². The molecule has 2 aromatic carbocycles. The molecule has 3 aromatic rings. The number of hydrogen-bond donors (Lipinski definition) is 0. The van der Waals surface area contributed by atoms with Crippen LogP contribution in [0.5, 0.6) is 0 Å². The highest BCUT2D eigenvalue weighted by atomic mass is 32.2. The summed E-state index contributed by atoms with van der Waals surface area (Å²) in [4.78, 5) is 3.44. The highest BCUT2D eigenvalue weighted by Crippen LogP contribution is 2.32. The topological polar surface area (TPSA) is 75.8 Å². The molecule has 28 heavy (non-hydrogen) atoms. The second kappa shape index (κ2) is 7.13. The van der Waals surface area contributed by atoms with Gasteiger partial charge in [-0.15, -0.1) is 0 Å². The molecule has 1 aromatic heterocycles. The molecular weight excluding hydrogens is 391 g/mol. The van der Waals surface area contributed by atoms with Crippen molar-refractivity contribution in [3.8, 4) is 6.07 Å². The summed E-state index contributed by atoms with van der Waals surface area (Å²) in [6.07, 6.45) is 3.44. The highest BCUT2D eigenvalue weighted by molar-refractivity contribution is 7.92. The molecule has 1 heterocycles. The Balaban J connectivity index is 2.04. The summed E-state index contributed by atoms with van der Waals surface area (Å²) in [5, 5.41) is 8.82. The summed E-state index contributed by atoms with van der Waals surface area (Å²) < 4.78 is 63.4. The summed E-state index contributed by atoms with van der Waals surface area (Å²) in [5.41, 5.74) is -3.34. The third-order valence-corrected chi connectivity index (χ3v) is 5.63. The lowest BCUT2D eigenvalue weighted by atomic mass is 10.1. The molecule has 0 aliphatic rings. The van der Waals surface area contributed by atoms with E-state index in [2.05, 4.69) is 4.98 Å². The maximum atomic E-state index is 12.8. The Morgan fingerprint density at radius 2 is 1.82 bits per heavy atom. The normalized spacial score (nSPS) is 12.5. The molecule has 5 nitrogen and oxygen atoms in total. The van der Waals surface area contributed by atoms with E-state index in [9.17, 15) is 21.6 Å². The molecule has 144 valence electrons. The Hall–Kier alpha value is -3.12. The monoisotopic (exact) mass is 405 g/mol. The molecular formula is C19H14F3N3O2S. The predicted octanol–water partition coefficient (Wildman–Crippen LogP) is 4.39. The van der Waals surface area contributed by atoms with E-state index in [-0.39, 0.29) is 5.52 Å². The van der Waals surface area contributed by atoms with Crippen molar-refractivity contribution in [1.82, 2.24) is 9.55 Å². The third kappa shape index (κ3) is 3.51. The minimum Gasteiger partial charge on any atom is -0.325 e. The first-order valence-corrected chi connectivity index (χ1v) is 9.65. The van der Waals surface area contributed by atoms with E-state index in [0.717, 1.165) is 17.7 Å². The van der Waals surface area contributed by atoms with Crippen LogP contribution in [0.15, 0.2) is 47.4 Å². The van der Waals surface area contributed by atoms with Gasteiger partial charge in [0.25, 0.3) is 9.84 Å². The number of alkyl halides is 3. The quantitative estimate of drug-likeness (QED) is 0.645. The molecule has 0 saturated carbocycles. The number of aryl methyl sites for hydroxylation is 1. The summed E-state index contributed by atoms with van der Waals surface area (Å²) in [7, 11) is -5.43. The van der Waals surface area contributed by atoms with Gasteiger partial charge in [-0.25, -0.2) is 13.4 Å². The molecule has 0 bridgehead atoms. The maximum absolute atomic E-state index is 12.8. The molecule has 9 heteroatoms. The van der Waals surface area contributed by atoms with E-state index < -0.39 is 20.2 Å². The van der Waals surface area contributed by atoms with Crippen LogP contribution in [0, 0.1) is 11.3 Å². The third-order valence-electron chi connectivity index (χ3n) is 4.15. The van der Waals surface area contributed by atoms with Gasteiger partial charge in [-0.05, 0) is 48.9 Å². The van der Waals surface area contributed by atoms with Crippen LogP contribution in [0.25, 0.3) is 23.2 Å². The van der Waals surface area contributed by atoms with Gasteiger partial charge in [0.1, 0.15) is 5.82 Å². The molecule has 0 aliphatic carbocycles. The standard InChI is InChI=1S/C19H14F3N3O2S/c1-2-25-17-9-8-15(28(26,27)19(20,21)22)11-16(17)24-18(25)10-7-13-3-5-14(12-23)6-4-13/h3-11H,2H2,1H3. The minimum atomic E-state index is -5.43. The minimum absolute atomic E-state index is 0.159. The van der Waals surface area contributed by atoms with Gasteiger partial charge in [0.05, 0.1) is 27.6 Å². The fraction of sp³-hybridized carbons (Fsp3) is 0.158. The zero-order valence-electron chi connectivity index (χ0n) is 14.6. The maximum Gasteiger partial charge on any atom is 0.501 e. The number of nitrogens with zero attached hydrogens (tertiary/aromatic N) is 3. The summed E-state index contributed by atoms with van der Waals surface area (Å²) in [5.74, 6) is 0.475. The van der Waals surface area contributed by atoms with Gasteiger partial charge >= 0.3 is 5.51 Å². The van der Waals surface area contributed by atoms with Crippen molar-refractivity contribution >= 4 is 33.0 Å². The largest absolute Gasteiger partial charge is 0.501 e. The van der Waals surface area contributed by atoms with Crippen LogP contribution in [0.1, 0.15) is 23.9 Å². The lowest BCUT2D eigenvalue weighted by Gasteiger charge is -2.08. The van der Waals surface area contributed by atoms with Crippen molar-refractivity contribution in [2.24, 2.45) is 0 Å². The number of halogens is 3. The number of hydrogen-bond acceptors (Lipinski definition) is 4. The van der Waals surface area contributed by atoms with E-state index in [4.69, 9.17) is 5.26 Å². The lowest BCUT2D eigenvalue weighted by molar-refractivity contribution is -0.0435. The van der Waals surface area contributed by atoms with Crippen molar-refractivity contribution in [2.75, 3.05) is 0 Å². The van der Waals surface area contributed by atoms with Crippen LogP contribution in [0.3, 0.4) is 0 Å². The van der Waals surface area contributed by atoms with Crippen molar-refractivity contribution in [3.05, 3.63) is 59.4 Å². The smallest absolute Gasteiger partial charge is 0.325 e. The average molecular weight is 405 g/mol. The van der Waals surface area contributed by atoms with E-state index in [1.807, 2.05) is 13.0 Å². The van der Waals surface area contributed by atoms with Crippen LogP contribution in [0.4, 0.5) is 13.2 Å². The fourth-order valence-electron chi connectivity index (χ4n) is 2.73. The molecule has 0 unspecified atom stereocenters. The number of nitriles is 1. The molecule has 0 fully saturated rings. The summed E-state index contributed by atoms with van der Waals surface area (Å²) in [6, 6.07) is 12.0.